The van der Waals surface area contributed by atoms with Crippen molar-refractivity contribution in [2.45, 2.75) is 54.8 Å². The molecule has 0 saturated heterocycles. The van der Waals surface area contributed by atoms with Crippen molar-refractivity contribution in [2.75, 3.05) is 0 Å². The molecule has 3 N–H and O–H groups in total. The van der Waals surface area contributed by atoms with E-state index in [4.69, 9.17) is 17.3 Å². The van der Waals surface area contributed by atoms with Gasteiger partial charge >= 0.3 is 0 Å². The van der Waals surface area contributed by atoms with Crippen LogP contribution in [0.15, 0.2) is 29.2 Å². The van der Waals surface area contributed by atoms with Crippen molar-refractivity contribution in [1.82, 2.24) is 5.32 Å². The van der Waals surface area contributed by atoms with Gasteiger partial charge in [-0.3, -0.25) is 4.79 Å². The summed E-state index contributed by atoms with van der Waals surface area (Å²) in [5.74, 6) is -0.231. The quantitative estimate of drug-likeness (QED) is 0.878. The van der Waals surface area contributed by atoms with Gasteiger partial charge in [-0.15, -0.1) is 11.8 Å². The van der Waals surface area contributed by atoms with E-state index in [1.807, 2.05) is 38.1 Å². The normalized spacial score (nSPS) is 26.1. The van der Waals surface area contributed by atoms with Crippen LogP contribution in [-0.4, -0.2) is 22.7 Å². The molecule has 2 atom stereocenters. The van der Waals surface area contributed by atoms with Gasteiger partial charge in [0.25, 0.3) is 0 Å². The average Bonchev–Trinajstić information content (AvgIpc) is 2.76. The highest BCUT2D eigenvalue weighted by Gasteiger charge is 2.44. The van der Waals surface area contributed by atoms with E-state index in [2.05, 4.69) is 5.32 Å². The summed E-state index contributed by atoms with van der Waals surface area (Å²) in [5.41, 5.74) is 5.08. The predicted molar refractivity (Wildman–Crippen MR) is 85.1 cm³/mol. The lowest BCUT2D eigenvalue weighted by Gasteiger charge is -2.29. The molecular formula is C15H21ClN2OS. The number of primary amides is 1. The van der Waals surface area contributed by atoms with E-state index < -0.39 is 5.54 Å². The summed E-state index contributed by atoms with van der Waals surface area (Å²) >= 11 is 7.69. The Morgan fingerprint density at radius 3 is 2.65 bits per heavy atom. The summed E-state index contributed by atoms with van der Waals surface area (Å²) in [6.07, 6.45) is 2.59. The lowest BCUT2D eigenvalue weighted by Crippen LogP contribution is -2.56. The Kier molecular flexibility index (Phi) is 4.99. The number of amides is 1. The van der Waals surface area contributed by atoms with Crippen molar-refractivity contribution in [1.29, 1.82) is 0 Å². The highest BCUT2D eigenvalue weighted by molar-refractivity contribution is 8.00. The number of carbonyl (C=O) groups is 1. The fraction of sp³-hybridized carbons (Fsp3) is 0.533. The van der Waals surface area contributed by atoms with E-state index in [1.54, 1.807) is 11.8 Å². The molecule has 1 aliphatic rings. The molecule has 0 bridgehead atoms. The van der Waals surface area contributed by atoms with Crippen molar-refractivity contribution >= 4 is 29.3 Å². The number of nitrogens with two attached hydrogens (primary N) is 1. The van der Waals surface area contributed by atoms with E-state index in [0.29, 0.717) is 5.25 Å². The number of rotatable bonds is 5. The minimum atomic E-state index is -0.543. The van der Waals surface area contributed by atoms with Gasteiger partial charge in [0.2, 0.25) is 5.91 Å². The van der Waals surface area contributed by atoms with Crippen LogP contribution in [-0.2, 0) is 4.79 Å². The summed E-state index contributed by atoms with van der Waals surface area (Å²) in [4.78, 5) is 13.0. The predicted octanol–water partition coefficient (Wildman–Crippen LogP) is 3.21. The maximum absolute atomic E-state index is 11.8. The first kappa shape index (κ1) is 15.7. The molecule has 0 aliphatic heterocycles. The third kappa shape index (κ3) is 3.68. The van der Waals surface area contributed by atoms with Crippen LogP contribution in [0.2, 0.25) is 5.02 Å². The van der Waals surface area contributed by atoms with E-state index >= 15 is 0 Å². The lowest BCUT2D eigenvalue weighted by molar-refractivity contribution is -0.124. The number of nitrogens with one attached hydrogen (secondary N) is 1. The Balaban J connectivity index is 2.03. The zero-order valence-electron chi connectivity index (χ0n) is 11.9. The van der Waals surface area contributed by atoms with Gasteiger partial charge in [0, 0.05) is 21.2 Å². The number of benzene rings is 1. The minimum absolute atomic E-state index is 0.231. The van der Waals surface area contributed by atoms with E-state index in [1.165, 1.54) is 4.90 Å². The molecular weight excluding hydrogens is 292 g/mol. The Hall–Kier alpha value is -0.710. The van der Waals surface area contributed by atoms with Gasteiger partial charge in [-0.1, -0.05) is 11.6 Å². The van der Waals surface area contributed by atoms with Gasteiger partial charge in [-0.25, -0.2) is 0 Å². The molecule has 3 nitrogen and oxygen atoms in total. The van der Waals surface area contributed by atoms with Crippen LogP contribution in [0.1, 0.15) is 33.1 Å². The Morgan fingerprint density at radius 2 is 2.10 bits per heavy atom. The molecule has 1 amide bonds. The molecule has 0 aromatic heterocycles. The van der Waals surface area contributed by atoms with Gasteiger partial charge in [-0.2, -0.15) is 0 Å². The van der Waals surface area contributed by atoms with Crippen molar-refractivity contribution in [3.63, 3.8) is 0 Å². The SMILES string of the molecule is CC(C)NC1(C(N)=O)CCC(Sc2ccc(Cl)cc2)C1. The van der Waals surface area contributed by atoms with E-state index in [9.17, 15) is 4.79 Å². The highest BCUT2D eigenvalue weighted by atomic mass is 35.5. The molecule has 5 heteroatoms. The number of hydrogen-bond donors (Lipinski definition) is 2. The number of thioether (sulfide) groups is 1. The molecule has 0 radical (unpaired) electrons. The number of halogens is 1. The summed E-state index contributed by atoms with van der Waals surface area (Å²) in [7, 11) is 0. The van der Waals surface area contributed by atoms with Crippen molar-refractivity contribution in [2.24, 2.45) is 5.73 Å². The smallest absolute Gasteiger partial charge is 0.237 e. The second kappa shape index (κ2) is 6.37. The van der Waals surface area contributed by atoms with Gasteiger partial charge < -0.3 is 11.1 Å². The van der Waals surface area contributed by atoms with Crippen LogP contribution in [0.3, 0.4) is 0 Å². The molecule has 2 unspecified atom stereocenters. The maximum atomic E-state index is 11.8. The molecule has 110 valence electrons. The van der Waals surface area contributed by atoms with Gasteiger partial charge in [0.15, 0.2) is 0 Å². The standard InChI is InChI=1S/C15H21ClN2OS/c1-10(2)18-15(14(17)19)8-7-13(9-15)20-12-5-3-11(16)4-6-12/h3-6,10,13,18H,7-9H2,1-2H3,(H2,17,19). The molecule has 2 rings (SSSR count). The Bertz CT molecular complexity index is 477. The molecule has 20 heavy (non-hydrogen) atoms. The van der Waals surface area contributed by atoms with E-state index in [-0.39, 0.29) is 11.9 Å². The Labute approximate surface area is 129 Å². The topological polar surface area (TPSA) is 55.1 Å². The third-order valence-electron chi connectivity index (χ3n) is 3.62. The van der Waals surface area contributed by atoms with Crippen LogP contribution in [0.4, 0.5) is 0 Å². The monoisotopic (exact) mass is 312 g/mol. The number of hydrogen-bond acceptors (Lipinski definition) is 3. The molecule has 1 aliphatic carbocycles. The van der Waals surface area contributed by atoms with Crippen molar-refractivity contribution < 1.29 is 4.79 Å². The van der Waals surface area contributed by atoms with Crippen LogP contribution in [0, 0.1) is 0 Å². The fourth-order valence-electron chi connectivity index (χ4n) is 2.78. The molecule has 1 saturated carbocycles. The zero-order valence-corrected chi connectivity index (χ0v) is 13.4. The van der Waals surface area contributed by atoms with Crippen molar-refractivity contribution in [3.8, 4) is 0 Å². The second-order valence-corrected chi connectivity index (χ2v) is 7.49. The minimum Gasteiger partial charge on any atom is -0.368 e. The second-order valence-electron chi connectivity index (χ2n) is 5.68. The first-order valence-corrected chi connectivity index (χ1v) is 8.17. The molecule has 1 aromatic rings. The zero-order chi connectivity index (χ0) is 14.8. The highest BCUT2D eigenvalue weighted by Crippen LogP contribution is 2.40. The first-order chi connectivity index (χ1) is 9.41. The molecule has 1 fully saturated rings. The Morgan fingerprint density at radius 1 is 1.45 bits per heavy atom. The summed E-state index contributed by atoms with van der Waals surface area (Å²) in [6, 6.07) is 8.08. The lowest BCUT2D eigenvalue weighted by atomic mass is 9.96. The van der Waals surface area contributed by atoms with E-state index in [0.717, 1.165) is 24.3 Å². The average molecular weight is 313 g/mol. The molecule has 0 spiro atoms. The third-order valence-corrected chi connectivity index (χ3v) is 5.15. The summed E-state index contributed by atoms with van der Waals surface area (Å²) in [5, 5.41) is 4.53. The van der Waals surface area contributed by atoms with Gasteiger partial charge in [0.05, 0.1) is 5.54 Å². The van der Waals surface area contributed by atoms with Gasteiger partial charge in [0.1, 0.15) is 0 Å². The van der Waals surface area contributed by atoms with Crippen molar-refractivity contribution in [3.05, 3.63) is 29.3 Å². The summed E-state index contributed by atoms with van der Waals surface area (Å²) in [6.45, 7) is 4.09. The van der Waals surface area contributed by atoms with Crippen LogP contribution < -0.4 is 11.1 Å². The molecule has 0 heterocycles. The maximum Gasteiger partial charge on any atom is 0.237 e. The fourth-order valence-corrected chi connectivity index (χ4v) is 4.19. The first-order valence-electron chi connectivity index (χ1n) is 6.91. The largest absolute Gasteiger partial charge is 0.368 e. The van der Waals surface area contributed by atoms with Crippen LogP contribution in [0.5, 0.6) is 0 Å². The number of carbonyl (C=O) groups excluding carboxylic acids is 1. The van der Waals surface area contributed by atoms with Gasteiger partial charge in [-0.05, 0) is 57.4 Å². The summed E-state index contributed by atoms with van der Waals surface area (Å²) < 4.78 is 0. The molecule has 1 aromatic carbocycles. The van der Waals surface area contributed by atoms with Crippen LogP contribution >= 0.6 is 23.4 Å². The van der Waals surface area contributed by atoms with Crippen LogP contribution in [0.25, 0.3) is 0 Å².